The molecular formula is C21H17NO7. The van der Waals surface area contributed by atoms with E-state index in [1.54, 1.807) is 42.5 Å². The third kappa shape index (κ3) is 3.73. The Hall–Kier alpha value is -3.94. The van der Waals surface area contributed by atoms with Crippen LogP contribution in [0.15, 0.2) is 48.5 Å². The van der Waals surface area contributed by atoms with E-state index < -0.39 is 18.5 Å². The minimum Gasteiger partial charge on any atom is -0.507 e. The molecule has 0 saturated heterocycles. The Morgan fingerprint density at radius 2 is 1.76 bits per heavy atom. The van der Waals surface area contributed by atoms with Gasteiger partial charge in [0.05, 0.1) is 0 Å². The molecule has 1 amide bonds. The third-order valence-corrected chi connectivity index (χ3v) is 4.48. The molecular weight excluding hydrogens is 378 g/mol. The van der Waals surface area contributed by atoms with Crippen molar-refractivity contribution >= 4 is 22.6 Å². The fraction of sp³-hybridized carbons (Fsp3) is 0.143. The molecule has 0 bridgehead atoms. The molecule has 3 N–H and O–H groups in total. The lowest BCUT2D eigenvalue weighted by Crippen LogP contribution is -2.28. The minimum absolute atomic E-state index is 0.165. The summed E-state index contributed by atoms with van der Waals surface area (Å²) in [5.41, 5.74) is 0.579. The van der Waals surface area contributed by atoms with Gasteiger partial charge in [-0.3, -0.25) is 4.79 Å². The van der Waals surface area contributed by atoms with Gasteiger partial charge in [-0.15, -0.1) is 0 Å². The van der Waals surface area contributed by atoms with Crippen LogP contribution in [0.5, 0.6) is 23.0 Å². The second-order valence-electron chi connectivity index (χ2n) is 6.38. The lowest BCUT2D eigenvalue weighted by atomic mass is 10.0. The first kappa shape index (κ1) is 18.4. The van der Waals surface area contributed by atoms with Gasteiger partial charge in [0.25, 0.3) is 5.91 Å². The number of carbonyl (C=O) groups is 2. The summed E-state index contributed by atoms with van der Waals surface area (Å²) in [5, 5.41) is 23.7. The van der Waals surface area contributed by atoms with Crippen molar-refractivity contribution < 1.29 is 34.0 Å². The van der Waals surface area contributed by atoms with Crippen molar-refractivity contribution in [1.82, 2.24) is 5.32 Å². The predicted molar refractivity (Wildman–Crippen MR) is 102 cm³/mol. The smallest absolute Gasteiger partial charge is 0.342 e. The molecule has 0 saturated carbocycles. The molecule has 0 aliphatic carbocycles. The second-order valence-corrected chi connectivity index (χ2v) is 6.38. The molecule has 3 aromatic carbocycles. The molecule has 3 aromatic rings. The van der Waals surface area contributed by atoms with E-state index in [-0.39, 0.29) is 30.4 Å². The van der Waals surface area contributed by atoms with E-state index in [0.29, 0.717) is 22.3 Å². The highest BCUT2D eigenvalue weighted by Gasteiger charge is 2.19. The highest BCUT2D eigenvalue weighted by Crippen LogP contribution is 2.35. The van der Waals surface area contributed by atoms with Gasteiger partial charge in [0.15, 0.2) is 18.1 Å². The number of rotatable bonds is 5. The molecule has 29 heavy (non-hydrogen) atoms. The summed E-state index contributed by atoms with van der Waals surface area (Å²) < 4.78 is 15.5. The molecule has 0 atom stereocenters. The number of phenolic OH excluding ortho intramolecular Hbond substituents is 2. The summed E-state index contributed by atoms with van der Waals surface area (Å²) in [6.07, 6.45) is 0. The normalized spacial score (nSPS) is 12.0. The van der Waals surface area contributed by atoms with Crippen LogP contribution in [0.4, 0.5) is 0 Å². The number of amides is 1. The zero-order valence-corrected chi connectivity index (χ0v) is 15.2. The van der Waals surface area contributed by atoms with Crippen molar-refractivity contribution in [3.63, 3.8) is 0 Å². The zero-order chi connectivity index (χ0) is 20.4. The largest absolute Gasteiger partial charge is 0.507 e. The van der Waals surface area contributed by atoms with E-state index in [1.165, 1.54) is 0 Å². The Morgan fingerprint density at radius 1 is 1.00 bits per heavy atom. The van der Waals surface area contributed by atoms with E-state index in [2.05, 4.69) is 5.32 Å². The van der Waals surface area contributed by atoms with E-state index in [9.17, 15) is 19.8 Å². The molecule has 0 unspecified atom stereocenters. The summed E-state index contributed by atoms with van der Waals surface area (Å²) >= 11 is 0. The van der Waals surface area contributed by atoms with E-state index in [0.717, 1.165) is 11.6 Å². The quantitative estimate of drug-likeness (QED) is 0.449. The molecule has 8 heteroatoms. The third-order valence-electron chi connectivity index (χ3n) is 4.48. The molecule has 0 fully saturated rings. The summed E-state index contributed by atoms with van der Waals surface area (Å²) in [7, 11) is 0. The number of fused-ring (bicyclic) bond motifs is 2. The first-order valence-corrected chi connectivity index (χ1v) is 8.79. The highest BCUT2D eigenvalue weighted by atomic mass is 16.7. The minimum atomic E-state index is -0.915. The first-order chi connectivity index (χ1) is 14.0. The molecule has 4 rings (SSSR count). The Balaban J connectivity index is 1.36. The van der Waals surface area contributed by atoms with Gasteiger partial charge >= 0.3 is 5.97 Å². The van der Waals surface area contributed by atoms with Crippen molar-refractivity contribution in [1.29, 1.82) is 0 Å². The average molecular weight is 395 g/mol. The number of phenols is 2. The number of esters is 1. The van der Waals surface area contributed by atoms with Crippen LogP contribution in [-0.2, 0) is 16.1 Å². The summed E-state index contributed by atoms with van der Waals surface area (Å²) in [5.74, 6) is -0.661. The van der Waals surface area contributed by atoms with Gasteiger partial charge in [0, 0.05) is 17.3 Å². The van der Waals surface area contributed by atoms with Gasteiger partial charge in [-0.25, -0.2) is 4.79 Å². The van der Waals surface area contributed by atoms with Crippen molar-refractivity contribution in [2.75, 3.05) is 13.4 Å². The monoisotopic (exact) mass is 395 g/mol. The molecule has 148 valence electrons. The van der Waals surface area contributed by atoms with Crippen molar-refractivity contribution in [2.45, 2.75) is 6.54 Å². The molecule has 0 radical (unpaired) electrons. The number of carbonyl (C=O) groups excluding carboxylic acids is 2. The SMILES string of the molecule is O=C(COC(=O)c1cc(O)c2ccccc2c1O)NCc1ccc2c(c1)OCO2. The van der Waals surface area contributed by atoms with Crippen LogP contribution in [-0.4, -0.2) is 35.5 Å². The van der Waals surface area contributed by atoms with Gasteiger partial charge in [0.1, 0.15) is 17.1 Å². The second kappa shape index (κ2) is 7.59. The Kier molecular flexibility index (Phi) is 4.82. The van der Waals surface area contributed by atoms with Gasteiger partial charge < -0.3 is 29.7 Å². The number of hydrogen-bond donors (Lipinski definition) is 3. The fourth-order valence-electron chi connectivity index (χ4n) is 3.01. The van der Waals surface area contributed by atoms with Gasteiger partial charge in [-0.1, -0.05) is 30.3 Å². The van der Waals surface area contributed by atoms with Crippen LogP contribution in [0.3, 0.4) is 0 Å². The Bertz CT molecular complexity index is 1110. The number of aromatic hydroxyl groups is 2. The number of nitrogens with one attached hydrogen (secondary N) is 1. The van der Waals surface area contributed by atoms with Crippen LogP contribution >= 0.6 is 0 Å². The van der Waals surface area contributed by atoms with Crippen molar-refractivity contribution in [2.24, 2.45) is 0 Å². The topological polar surface area (TPSA) is 114 Å². The maximum Gasteiger partial charge on any atom is 0.342 e. The van der Waals surface area contributed by atoms with Gasteiger partial charge in [-0.05, 0) is 23.8 Å². The van der Waals surface area contributed by atoms with Crippen LogP contribution in [0.2, 0.25) is 0 Å². The number of benzene rings is 3. The highest BCUT2D eigenvalue weighted by molar-refractivity contribution is 6.04. The summed E-state index contributed by atoms with van der Waals surface area (Å²) in [4.78, 5) is 24.3. The maximum absolute atomic E-state index is 12.3. The first-order valence-electron chi connectivity index (χ1n) is 8.79. The van der Waals surface area contributed by atoms with Crippen LogP contribution < -0.4 is 14.8 Å². The van der Waals surface area contributed by atoms with E-state index in [1.807, 2.05) is 0 Å². The van der Waals surface area contributed by atoms with Crippen LogP contribution in [0.25, 0.3) is 10.8 Å². The average Bonchev–Trinajstić information content (AvgIpc) is 3.21. The zero-order valence-electron chi connectivity index (χ0n) is 15.2. The van der Waals surface area contributed by atoms with Crippen LogP contribution in [0, 0.1) is 0 Å². The molecule has 0 aromatic heterocycles. The van der Waals surface area contributed by atoms with E-state index in [4.69, 9.17) is 14.2 Å². The standard InChI is InChI=1S/C21H17NO7/c23-16-8-15(20(25)14-4-2-1-3-13(14)16)21(26)27-10-19(24)22-9-12-5-6-17-18(7-12)29-11-28-17/h1-8,23,25H,9-11H2,(H,22,24). The van der Waals surface area contributed by atoms with Crippen molar-refractivity contribution in [3.8, 4) is 23.0 Å². The summed E-state index contributed by atoms with van der Waals surface area (Å²) in [6, 6.07) is 13.0. The number of hydrogen-bond acceptors (Lipinski definition) is 7. The number of ether oxygens (including phenoxy) is 3. The summed E-state index contributed by atoms with van der Waals surface area (Å²) in [6.45, 7) is -0.149. The van der Waals surface area contributed by atoms with Gasteiger partial charge in [-0.2, -0.15) is 0 Å². The lowest BCUT2D eigenvalue weighted by Gasteiger charge is -2.10. The molecule has 8 nitrogen and oxygen atoms in total. The molecule has 0 spiro atoms. The molecule has 1 heterocycles. The molecule has 1 aliphatic rings. The van der Waals surface area contributed by atoms with E-state index >= 15 is 0 Å². The van der Waals surface area contributed by atoms with Crippen LogP contribution in [0.1, 0.15) is 15.9 Å². The lowest BCUT2D eigenvalue weighted by molar-refractivity contribution is -0.124. The fourth-order valence-corrected chi connectivity index (χ4v) is 3.01. The Labute approximate surface area is 165 Å². The molecule has 1 aliphatic heterocycles. The predicted octanol–water partition coefficient (Wildman–Crippen LogP) is 2.45. The van der Waals surface area contributed by atoms with Crippen molar-refractivity contribution in [3.05, 3.63) is 59.7 Å². The Morgan fingerprint density at radius 3 is 2.59 bits per heavy atom. The maximum atomic E-state index is 12.3. The van der Waals surface area contributed by atoms with Gasteiger partial charge in [0.2, 0.25) is 6.79 Å².